The van der Waals surface area contributed by atoms with Crippen molar-refractivity contribution < 1.29 is 50.7 Å². The first kappa shape index (κ1) is 21.4. The van der Waals surface area contributed by atoms with Crippen LogP contribution in [0.15, 0.2) is 66.8 Å². The smallest absolute Gasteiger partial charge is 0.00566 e. The third-order valence-electron chi connectivity index (χ3n) is 5.47. The molecule has 0 nitrogen and oxygen atoms in total. The fraction of sp³-hybridized carbons (Fsp3) is 0.217. The van der Waals surface area contributed by atoms with Crippen molar-refractivity contribution in [3.8, 4) is 11.1 Å². The van der Waals surface area contributed by atoms with Gasteiger partial charge in [0.2, 0.25) is 0 Å². The van der Waals surface area contributed by atoms with Gasteiger partial charge in [0.1, 0.15) is 0 Å². The Bertz CT molecular complexity index is 880. The Labute approximate surface area is 187 Å². The minimum absolute atomic E-state index is 0. The number of benzene rings is 2. The number of hydrogen-bond acceptors (Lipinski definition) is 0. The second-order valence-electron chi connectivity index (χ2n) is 6.70. The Hall–Kier alpha value is -0.890. The third kappa shape index (κ3) is 3.35. The summed E-state index contributed by atoms with van der Waals surface area (Å²) in [5.41, 5.74) is 8.56. The van der Waals surface area contributed by atoms with Gasteiger partial charge in [-0.2, -0.15) is 17.7 Å². The van der Waals surface area contributed by atoms with E-state index in [0.29, 0.717) is 11.8 Å². The molecule has 2 aromatic carbocycles. The average molecular weight is 545 g/mol. The molecule has 0 N–H and O–H groups in total. The van der Waals surface area contributed by atoms with Crippen LogP contribution in [0.5, 0.6) is 0 Å². The fourth-order valence-electron chi connectivity index (χ4n) is 4.51. The summed E-state index contributed by atoms with van der Waals surface area (Å²) in [5.74, 6) is 1.13. The van der Waals surface area contributed by atoms with Crippen LogP contribution in [0.25, 0.3) is 16.7 Å². The van der Waals surface area contributed by atoms with Gasteiger partial charge in [0.05, 0.1) is 0 Å². The van der Waals surface area contributed by atoms with E-state index in [9.17, 15) is 0 Å². The molecule has 0 aromatic heterocycles. The van der Waals surface area contributed by atoms with Gasteiger partial charge in [-0.1, -0.05) is 60.5 Å². The van der Waals surface area contributed by atoms with E-state index in [1.165, 1.54) is 46.2 Å². The quantitative estimate of drug-likeness (QED) is 0.282. The molecule has 2 atom stereocenters. The molecule has 0 bridgehead atoms. The Morgan fingerprint density at radius 3 is 2.35 bits per heavy atom. The normalized spacial score (nSPS) is 21.2. The van der Waals surface area contributed by atoms with E-state index in [0.717, 1.165) is 6.42 Å². The zero-order valence-electron chi connectivity index (χ0n) is 14.4. The van der Waals surface area contributed by atoms with Crippen molar-refractivity contribution in [2.45, 2.75) is 25.2 Å². The van der Waals surface area contributed by atoms with E-state index in [1.54, 1.807) is 0 Å². The van der Waals surface area contributed by atoms with E-state index in [1.807, 2.05) is 0 Å². The molecule has 5 rings (SSSR count). The average Bonchev–Trinajstić information content (AvgIpc) is 3.33. The van der Waals surface area contributed by atoms with Gasteiger partial charge in [0.25, 0.3) is 0 Å². The summed E-state index contributed by atoms with van der Waals surface area (Å²) in [7, 11) is 0. The van der Waals surface area contributed by atoms with Crippen molar-refractivity contribution in [1.29, 1.82) is 0 Å². The molecule has 2 aromatic rings. The molecule has 0 saturated heterocycles. The van der Waals surface area contributed by atoms with Gasteiger partial charge in [-0.3, -0.25) is 0 Å². The molecule has 0 saturated carbocycles. The summed E-state index contributed by atoms with van der Waals surface area (Å²) in [5, 5.41) is 0. The molecule has 0 aliphatic heterocycles. The first-order valence-corrected chi connectivity index (χ1v) is 8.60. The number of rotatable bonds is 2. The van der Waals surface area contributed by atoms with Gasteiger partial charge in [-0.15, -0.1) is 17.7 Å². The van der Waals surface area contributed by atoms with Crippen LogP contribution in [-0.4, -0.2) is 0 Å². The largest absolute Gasteiger partial charge is 1.00 e. The summed E-state index contributed by atoms with van der Waals surface area (Å²) in [4.78, 5) is 0. The number of allylic oxidation sites excluding steroid dienone is 6. The Balaban J connectivity index is 0.000000810. The van der Waals surface area contributed by atoms with E-state index in [-0.39, 0.29) is 50.7 Å². The van der Waals surface area contributed by atoms with Gasteiger partial charge in [0, 0.05) is 31.8 Å². The van der Waals surface area contributed by atoms with Crippen molar-refractivity contribution in [3.63, 3.8) is 0 Å². The van der Waals surface area contributed by atoms with Crippen LogP contribution in [0.1, 0.15) is 41.9 Å². The number of fused-ring (bicyclic) bond motifs is 3. The Morgan fingerprint density at radius 2 is 1.62 bits per heavy atom. The van der Waals surface area contributed by atoms with Crippen molar-refractivity contribution in [1.82, 2.24) is 0 Å². The zero-order chi connectivity index (χ0) is 15.2. The van der Waals surface area contributed by atoms with Gasteiger partial charge in [-0.05, 0) is 35.4 Å². The molecule has 132 valence electrons. The van der Waals surface area contributed by atoms with Gasteiger partial charge < -0.3 is 24.8 Å². The van der Waals surface area contributed by atoms with Crippen molar-refractivity contribution in [2.24, 2.45) is 5.92 Å². The summed E-state index contributed by atoms with van der Waals surface area (Å²) in [6.45, 7) is 0. The first-order chi connectivity index (χ1) is 11.4. The minimum atomic E-state index is 0. The zero-order valence-corrected chi connectivity index (χ0v) is 19.5. The molecule has 0 radical (unpaired) electrons. The maximum Gasteiger partial charge on any atom is 0.00566 e. The third-order valence-corrected chi connectivity index (χ3v) is 5.47. The van der Waals surface area contributed by atoms with Crippen LogP contribution in [0.2, 0.25) is 0 Å². The van der Waals surface area contributed by atoms with E-state index < -0.39 is 0 Å². The molecule has 3 heteroatoms. The molecular formula is C23H19Cl2Hf-3. The Morgan fingerprint density at radius 1 is 0.846 bits per heavy atom. The molecule has 3 aliphatic carbocycles. The summed E-state index contributed by atoms with van der Waals surface area (Å²) >= 11 is 0. The van der Waals surface area contributed by atoms with Crippen LogP contribution in [0.4, 0.5) is 0 Å². The maximum absolute atomic E-state index is 3.53. The molecule has 0 heterocycles. The summed E-state index contributed by atoms with van der Waals surface area (Å²) in [6, 6.07) is 15.8. The minimum Gasteiger partial charge on any atom is -1.00 e. The topological polar surface area (TPSA) is 0 Å². The number of hydrogen-bond donors (Lipinski definition) is 0. The molecule has 0 fully saturated rings. The molecule has 26 heavy (non-hydrogen) atoms. The van der Waals surface area contributed by atoms with E-state index in [4.69, 9.17) is 0 Å². The van der Waals surface area contributed by atoms with Gasteiger partial charge in [-0.25, -0.2) is 0 Å². The molecular weight excluding hydrogens is 526 g/mol. The maximum atomic E-state index is 3.53. The predicted molar refractivity (Wildman–Crippen MR) is 96.0 cm³/mol. The number of halogens is 2. The van der Waals surface area contributed by atoms with Crippen LogP contribution >= 0.6 is 0 Å². The van der Waals surface area contributed by atoms with Crippen LogP contribution < -0.4 is 24.8 Å². The van der Waals surface area contributed by atoms with Crippen molar-refractivity contribution in [3.05, 3.63) is 89.5 Å². The monoisotopic (exact) mass is 545 g/mol. The fourth-order valence-corrected chi connectivity index (χ4v) is 4.51. The SMILES string of the molecule is [C-]1=C(c2cccc3c2C(C2C=CCC2)c2ccccc2-3)C=CC1.[Cl-].[Cl-].[Hf]. The van der Waals surface area contributed by atoms with Gasteiger partial charge in [0.15, 0.2) is 0 Å². The van der Waals surface area contributed by atoms with Crippen LogP contribution in [-0.2, 0) is 25.8 Å². The second kappa shape index (κ2) is 8.87. The summed E-state index contributed by atoms with van der Waals surface area (Å²) in [6.07, 6.45) is 16.2. The first-order valence-electron chi connectivity index (χ1n) is 8.60. The molecule has 0 spiro atoms. The molecule has 3 aliphatic rings. The molecule has 0 amide bonds. The van der Waals surface area contributed by atoms with Crippen LogP contribution in [0, 0.1) is 12.0 Å². The van der Waals surface area contributed by atoms with Gasteiger partial charge >= 0.3 is 0 Å². The van der Waals surface area contributed by atoms with E-state index >= 15 is 0 Å². The standard InChI is InChI=1S/C23H19.2ClH.Hf/c1-2-9-16(8-1)18-14-7-15-21-19-12-5-6-13-20(19)22(23(18)21)17-10-3-4-11-17;;;/h1,3,5-8,10,12-15,17,22H,2,4,11H2;2*1H;/q-1;;;/p-2. The molecule has 2 unspecified atom stereocenters. The van der Waals surface area contributed by atoms with E-state index in [2.05, 4.69) is 72.8 Å². The van der Waals surface area contributed by atoms with Crippen LogP contribution in [0.3, 0.4) is 0 Å². The predicted octanol–water partition coefficient (Wildman–Crippen LogP) is -0.0829. The Kier molecular flexibility index (Phi) is 7.30. The van der Waals surface area contributed by atoms with Crippen molar-refractivity contribution in [2.75, 3.05) is 0 Å². The summed E-state index contributed by atoms with van der Waals surface area (Å²) < 4.78 is 0. The van der Waals surface area contributed by atoms with Crippen molar-refractivity contribution >= 4 is 5.57 Å². The second-order valence-corrected chi connectivity index (χ2v) is 6.70.